The number of carboxylic acid groups (broad SMARTS) is 1. The highest BCUT2D eigenvalue weighted by molar-refractivity contribution is 5.83. The molecule has 0 aliphatic carbocycles. The Labute approximate surface area is 178 Å². The van der Waals surface area contributed by atoms with Gasteiger partial charge in [0.25, 0.3) is 0 Å². The molecule has 0 saturated carbocycles. The summed E-state index contributed by atoms with van der Waals surface area (Å²) in [4.78, 5) is 23.1. The molecule has 0 bridgehead atoms. The molecule has 0 heterocycles. The standard InChI is InChI=1S/C24H46N2O3/c1-2-3-4-5-6-7-8-9-10-11-12-13-14-15-16-20-23(27)26-22(24(28)29)19-17-18-21-25/h9-10,22H,2-8,11-21,25H2,1H3,(H,26,27)(H,28,29)/b10-9+. The summed E-state index contributed by atoms with van der Waals surface area (Å²) in [6.07, 6.45) is 22.9. The number of aliphatic carboxylic acids is 1. The topological polar surface area (TPSA) is 92.4 Å². The van der Waals surface area contributed by atoms with Crippen molar-refractivity contribution in [3.63, 3.8) is 0 Å². The Morgan fingerprint density at radius 3 is 1.93 bits per heavy atom. The number of hydrogen-bond donors (Lipinski definition) is 3. The lowest BCUT2D eigenvalue weighted by Crippen LogP contribution is -2.40. The van der Waals surface area contributed by atoms with Crippen LogP contribution < -0.4 is 11.1 Å². The molecule has 0 rings (SSSR count). The van der Waals surface area contributed by atoms with Crippen LogP contribution in [0.1, 0.15) is 116 Å². The predicted octanol–water partition coefficient (Wildman–Crippen LogP) is 5.72. The van der Waals surface area contributed by atoms with Gasteiger partial charge in [0, 0.05) is 6.42 Å². The third-order valence-electron chi connectivity index (χ3n) is 5.25. The van der Waals surface area contributed by atoms with Gasteiger partial charge in [0.1, 0.15) is 6.04 Å². The van der Waals surface area contributed by atoms with E-state index in [0.717, 1.165) is 38.5 Å². The second-order valence-corrected chi connectivity index (χ2v) is 8.08. The Morgan fingerprint density at radius 2 is 1.38 bits per heavy atom. The molecular weight excluding hydrogens is 364 g/mol. The highest BCUT2D eigenvalue weighted by Gasteiger charge is 2.18. The summed E-state index contributed by atoms with van der Waals surface area (Å²) < 4.78 is 0. The van der Waals surface area contributed by atoms with Gasteiger partial charge in [0.15, 0.2) is 0 Å². The van der Waals surface area contributed by atoms with E-state index in [-0.39, 0.29) is 5.91 Å². The molecule has 170 valence electrons. The zero-order chi connectivity index (χ0) is 21.6. The summed E-state index contributed by atoms with van der Waals surface area (Å²) in [6, 6.07) is -0.780. The van der Waals surface area contributed by atoms with E-state index in [2.05, 4.69) is 24.4 Å². The van der Waals surface area contributed by atoms with E-state index in [1.165, 1.54) is 57.8 Å². The third kappa shape index (κ3) is 19.7. The average Bonchev–Trinajstić information content (AvgIpc) is 2.70. The van der Waals surface area contributed by atoms with Crippen LogP contribution in [0.5, 0.6) is 0 Å². The number of unbranched alkanes of at least 4 members (excludes halogenated alkanes) is 12. The number of hydrogen-bond acceptors (Lipinski definition) is 3. The summed E-state index contributed by atoms with van der Waals surface area (Å²) in [6.45, 7) is 2.80. The maximum absolute atomic E-state index is 11.9. The van der Waals surface area contributed by atoms with Crippen LogP contribution in [0.15, 0.2) is 12.2 Å². The second-order valence-electron chi connectivity index (χ2n) is 8.08. The van der Waals surface area contributed by atoms with Gasteiger partial charge < -0.3 is 16.2 Å². The maximum atomic E-state index is 11.9. The van der Waals surface area contributed by atoms with Crippen molar-refractivity contribution in [3.05, 3.63) is 12.2 Å². The number of carbonyl (C=O) groups excluding carboxylic acids is 1. The van der Waals surface area contributed by atoms with Crippen LogP contribution in [0, 0.1) is 0 Å². The molecule has 1 atom stereocenters. The van der Waals surface area contributed by atoms with Gasteiger partial charge in [-0.3, -0.25) is 4.79 Å². The molecule has 0 aromatic carbocycles. The molecule has 29 heavy (non-hydrogen) atoms. The predicted molar refractivity (Wildman–Crippen MR) is 122 cm³/mol. The number of allylic oxidation sites excluding steroid dienone is 2. The first-order valence-electron chi connectivity index (χ1n) is 12.0. The summed E-state index contributed by atoms with van der Waals surface area (Å²) in [5, 5.41) is 11.8. The normalized spacial score (nSPS) is 12.3. The Hall–Kier alpha value is -1.36. The van der Waals surface area contributed by atoms with E-state index >= 15 is 0 Å². The fourth-order valence-electron chi connectivity index (χ4n) is 3.37. The number of rotatable bonds is 21. The van der Waals surface area contributed by atoms with Crippen molar-refractivity contribution in [1.29, 1.82) is 0 Å². The van der Waals surface area contributed by atoms with Crippen LogP contribution in [-0.4, -0.2) is 29.6 Å². The highest BCUT2D eigenvalue weighted by Crippen LogP contribution is 2.10. The van der Waals surface area contributed by atoms with Gasteiger partial charge in [0.05, 0.1) is 0 Å². The average molecular weight is 411 g/mol. The smallest absolute Gasteiger partial charge is 0.326 e. The van der Waals surface area contributed by atoms with E-state index in [0.29, 0.717) is 19.4 Å². The Morgan fingerprint density at radius 1 is 0.828 bits per heavy atom. The lowest BCUT2D eigenvalue weighted by atomic mass is 10.1. The molecule has 0 aliphatic heterocycles. The van der Waals surface area contributed by atoms with E-state index in [4.69, 9.17) is 5.73 Å². The quantitative estimate of drug-likeness (QED) is 0.167. The van der Waals surface area contributed by atoms with Crippen molar-refractivity contribution in [1.82, 2.24) is 5.32 Å². The molecule has 0 aromatic rings. The molecule has 0 saturated heterocycles. The minimum Gasteiger partial charge on any atom is -0.480 e. The van der Waals surface area contributed by atoms with Crippen molar-refractivity contribution in [3.8, 4) is 0 Å². The Bertz CT molecular complexity index is 424. The minimum atomic E-state index is -0.958. The maximum Gasteiger partial charge on any atom is 0.326 e. The van der Waals surface area contributed by atoms with Crippen LogP contribution >= 0.6 is 0 Å². The molecular formula is C24H46N2O3. The fourth-order valence-corrected chi connectivity index (χ4v) is 3.37. The number of amides is 1. The fraction of sp³-hybridized carbons (Fsp3) is 0.833. The molecule has 4 N–H and O–H groups in total. The molecule has 0 spiro atoms. The van der Waals surface area contributed by atoms with Crippen LogP contribution in [0.4, 0.5) is 0 Å². The summed E-state index contributed by atoms with van der Waals surface area (Å²) in [7, 11) is 0. The van der Waals surface area contributed by atoms with Crippen LogP contribution in [0.25, 0.3) is 0 Å². The van der Waals surface area contributed by atoms with Crippen LogP contribution in [0.2, 0.25) is 0 Å². The van der Waals surface area contributed by atoms with E-state index in [1.807, 2.05) is 0 Å². The van der Waals surface area contributed by atoms with Gasteiger partial charge in [-0.05, 0) is 57.9 Å². The van der Waals surface area contributed by atoms with Crippen LogP contribution in [0.3, 0.4) is 0 Å². The van der Waals surface area contributed by atoms with Gasteiger partial charge >= 0.3 is 5.97 Å². The van der Waals surface area contributed by atoms with Gasteiger partial charge in [0.2, 0.25) is 5.91 Å². The van der Waals surface area contributed by atoms with Crippen molar-refractivity contribution in [2.75, 3.05) is 6.54 Å². The second kappa shape index (κ2) is 21.4. The first-order valence-corrected chi connectivity index (χ1v) is 12.0. The molecule has 0 aromatic heterocycles. The number of carboxylic acids is 1. The van der Waals surface area contributed by atoms with Gasteiger partial charge in [-0.1, -0.05) is 70.4 Å². The lowest BCUT2D eigenvalue weighted by molar-refractivity contribution is -0.142. The zero-order valence-electron chi connectivity index (χ0n) is 18.8. The molecule has 0 aliphatic rings. The third-order valence-corrected chi connectivity index (χ3v) is 5.25. The molecule has 0 radical (unpaired) electrons. The molecule has 0 fully saturated rings. The monoisotopic (exact) mass is 410 g/mol. The van der Waals surface area contributed by atoms with Crippen LogP contribution in [-0.2, 0) is 9.59 Å². The van der Waals surface area contributed by atoms with E-state index in [9.17, 15) is 14.7 Å². The molecule has 1 unspecified atom stereocenters. The number of nitrogens with one attached hydrogen (secondary N) is 1. The molecule has 5 heteroatoms. The van der Waals surface area contributed by atoms with Crippen molar-refractivity contribution >= 4 is 11.9 Å². The van der Waals surface area contributed by atoms with Gasteiger partial charge in [-0.2, -0.15) is 0 Å². The summed E-state index contributed by atoms with van der Waals surface area (Å²) in [5.41, 5.74) is 5.42. The first kappa shape index (κ1) is 27.6. The molecule has 5 nitrogen and oxygen atoms in total. The largest absolute Gasteiger partial charge is 0.480 e. The van der Waals surface area contributed by atoms with Gasteiger partial charge in [-0.15, -0.1) is 0 Å². The SMILES string of the molecule is CCCCCCCC/C=C/CCCCCCCC(=O)NC(CCCCN)C(=O)O. The Kier molecular flexibility index (Phi) is 20.3. The van der Waals surface area contributed by atoms with Crippen molar-refractivity contribution in [2.45, 2.75) is 122 Å². The number of nitrogens with two attached hydrogens (primary N) is 1. The molecule has 1 amide bonds. The summed E-state index contributed by atoms with van der Waals surface area (Å²) in [5.74, 6) is -1.11. The summed E-state index contributed by atoms with van der Waals surface area (Å²) >= 11 is 0. The van der Waals surface area contributed by atoms with Crippen molar-refractivity contribution < 1.29 is 14.7 Å². The number of carbonyl (C=O) groups is 2. The lowest BCUT2D eigenvalue weighted by Gasteiger charge is -2.14. The zero-order valence-corrected chi connectivity index (χ0v) is 18.8. The minimum absolute atomic E-state index is 0.150. The van der Waals surface area contributed by atoms with E-state index in [1.54, 1.807) is 0 Å². The Balaban J connectivity index is 3.51. The van der Waals surface area contributed by atoms with Crippen molar-refractivity contribution in [2.24, 2.45) is 5.73 Å². The first-order chi connectivity index (χ1) is 14.1. The van der Waals surface area contributed by atoms with Gasteiger partial charge in [-0.25, -0.2) is 4.79 Å². The van der Waals surface area contributed by atoms with E-state index < -0.39 is 12.0 Å². The highest BCUT2D eigenvalue weighted by atomic mass is 16.4.